The number of hydrogen-bond donors (Lipinski definition) is 1. The van der Waals surface area contributed by atoms with Gasteiger partial charge in [-0.2, -0.15) is 23.5 Å². The smallest absolute Gasteiger partial charge is 0.423 e. The quantitative estimate of drug-likeness (QED) is 0.488. The fourth-order valence-electron chi connectivity index (χ4n) is 4.96. The fraction of sp³-hybridized carbons (Fsp3) is 0.385. The largest absolute Gasteiger partial charge is 0.491 e. The van der Waals surface area contributed by atoms with Crippen LogP contribution in [-0.4, -0.2) is 76.3 Å². The molecule has 208 valence electrons. The van der Waals surface area contributed by atoms with E-state index in [0.717, 1.165) is 12.0 Å². The summed E-state index contributed by atoms with van der Waals surface area (Å²) in [6.07, 6.45) is 0.349. The Bertz CT molecular complexity index is 1460. The molecule has 40 heavy (non-hydrogen) atoms. The Morgan fingerprint density at radius 1 is 1.12 bits per heavy atom. The molecule has 0 aromatic carbocycles. The number of piperazine rings is 1. The van der Waals surface area contributed by atoms with Crippen LogP contribution in [0.1, 0.15) is 34.5 Å². The van der Waals surface area contributed by atoms with E-state index in [1.165, 1.54) is 23.4 Å². The van der Waals surface area contributed by atoms with Crippen molar-refractivity contribution >= 4 is 17.4 Å². The van der Waals surface area contributed by atoms with Crippen LogP contribution in [0, 0.1) is 11.3 Å². The molecule has 2 fully saturated rings. The van der Waals surface area contributed by atoms with Crippen molar-refractivity contribution in [1.82, 2.24) is 25.1 Å². The van der Waals surface area contributed by atoms with E-state index >= 15 is 0 Å². The van der Waals surface area contributed by atoms with Crippen LogP contribution < -0.4 is 20.1 Å². The topological polar surface area (TPSA) is 131 Å². The number of pyridine rings is 2. The zero-order valence-electron chi connectivity index (χ0n) is 21.3. The van der Waals surface area contributed by atoms with E-state index < -0.39 is 23.3 Å². The molecule has 3 aromatic heterocycles. The Kier molecular flexibility index (Phi) is 7.54. The van der Waals surface area contributed by atoms with Gasteiger partial charge in [0.25, 0.3) is 11.5 Å². The molecule has 1 amide bonds. The summed E-state index contributed by atoms with van der Waals surface area (Å²) in [5.74, 6) is 0.842. The maximum absolute atomic E-state index is 13.6. The predicted molar refractivity (Wildman–Crippen MR) is 137 cm³/mol. The number of halogens is 3. The molecule has 1 atom stereocenters. The molecule has 5 heterocycles. The van der Waals surface area contributed by atoms with Crippen LogP contribution in [0.15, 0.2) is 47.7 Å². The molecule has 0 saturated carbocycles. The number of aromatic nitrogens is 4. The summed E-state index contributed by atoms with van der Waals surface area (Å²) >= 11 is 0. The third-order valence-corrected chi connectivity index (χ3v) is 6.97. The number of carbonyl (C=O) groups is 1. The summed E-state index contributed by atoms with van der Waals surface area (Å²) in [4.78, 5) is 38.8. The predicted octanol–water partition coefficient (Wildman–Crippen LogP) is 2.46. The van der Waals surface area contributed by atoms with Crippen LogP contribution >= 0.6 is 0 Å². The molecule has 2 aliphatic heterocycles. The number of aromatic amines is 1. The molecule has 2 saturated heterocycles. The molecular formula is C26H25F3N8O3. The first-order chi connectivity index (χ1) is 19.2. The van der Waals surface area contributed by atoms with Gasteiger partial charge < -0.3 is 19.4 Å². The van der Waals surface area contributed by atoms with Crippen LogP contribution in [0.4, 0.5) is 24.7 Å². The number of ether oxygens (including phenoxy) is 1. The number of nitrogens with zero attached hydrogens (tertiary/aromatic N) is 7. The van der Waals surface area contributed by atoms with Crippen molar-refractivity contribution in [3.05, 3.63) is 70.0 Å². The average Bonchev–Trinajstić information content (AvgIpc) is 3.44. The lowest BCUT2D eigenvalue weighted by Crippen LogP contribution is -2.49. The van der Waals surface area contributed by atoms with Crippen molar-refractivity contribution < 1.29 is 22.7 Å². The highest BCUT2D eigenvalue weighted by Crippen LogP contribution is 2.36. The summed E-state index contributed by atoms with van der Waals surface area (Å²) in [6, 6.07) is 8.20. The molecular weight excluding hydrogens is 529 g/mol. The number of anilines is 2. The lowest BCUT2D eigenvalue weighted by atomic mass is 10.2. The number of rotatable bonds is 6. The lowest BCUT2D eigenvalue weighted by molar-refractivity contribution is -0.138. The Hall–Kier alpha value is -4.67. The minimum atomic E-state index is -4.83. The zero-order chi connectivity index (χ0) is 28.3. The van der Waals surface area contributed by atoms with Crippen LogP contribution in [-0.2, 0) is 6.18 Å². The number of H-pyrrole nitrogens is 1. The van der Waals surface area contributed by atoms with Gasteiger partial charge in [-0.15, -0.1) is 0 Å². The van der Waals surface area contributed by atoms with Gasteiger partial charge >= 0.3 is 6.18 Å². The molecule has 1 N–H and O–H groups in total. The lowest BCUT2D eigenvalue weighted by Gasteiger charge is -2.35. The summed E-state index contributed by atoms with van der Waals surface area (Å²) in [7, 11) is 0. The summed E-state index contributed by atoms with van der Waals surface area (Å²) < 4.78 is 46.6. The molecule has 11 nitrogen and oxygen atoms in total. The Labute approximate surface area is 226 Å². The molecule has 14 heteroatoms. The number of amides is 1. The maximum atomic E-state index is 13.6. The number of alkyl halides is 3. The minimum Gasteiger partial charge on any atom is -0.491 e. The highest BCUT2D eigenvalue weighted by Gasteiger charge is 2.40. The number of nitrogens with one attached hydrogen (secondary N) is 1. The third-order valence-electron chi connectivity index (χ3n) is 6.97. The zero-order valence-corrected chi connectivity index (χ0v) is 21.3. The van der Waals surface area contributed by atoms with E-state index in [0.29, 0.717) is 56.9 Å². The third kappa shape index (κ3) is 5.68. The van der Waals surface area contributed by atoms with Gasteiger partial charge in [-0.3, -0.25) is 14.6 Å². The van der Waals surface area contributed by atoms with E-state index in [4.69, 9.17) is 10.00 Å². The van der Waals surface area contributed by atoms with E-state index in [9.17, 15) is 22.8 Å². The fourth-order valence-corrected chi connectivity index (χ4v) is 4.96. The molecule has 0 bridgehead atoms. The van der Waals surface area contributed by atoms with Gasteiger partial charge in [-0.1, -0.05) is 0 Å². The van der Waals surface area contributed by atoms with Crippen molar-refractivity contribution in [1.29, 1.82) is 5.26 Å². The highest BCUT2D eigenvalue weighted by molar-refractivity contribution is 5.92. The van der Waals surface area contributed by atoms with Gasteiger partial charge in [0, 0.05) is 51.2 Å². The summed E-state index contributed by atoms with van der Waals surface area (Å²) in [6.45, 7) is 2.42. The van der Waals surface area contributed by atoms with Crippen molar-refractivity contribution in [3.8, 4) is 11.8 Å². The van der Waals surface area contributed by atoms with E-state index in [1.807, 2.05) is 16.1 Å². The van der Waals surface area contributed by atoms with Crippen molar-refractivity contribution in [2.24, 2.45) is 0 Å². The monoisotopic (exact) mass is 554 g/mol. The molecule has 0 unspecified atom stereocenters. The molecule has 0 spiro atoms. The highest BCUT2D eigenvalue weighted by atomic mass is 19.4. The minimum absolute atomic E-state index is 0.0536. The Morgan fingerprint density at radius 2 is 1.93 bits per heavy atom. The molecule has 3 aromatic rings. The summed E-state index contributed by atoms with van der Waals surface area (Å²) in [5.41, 5.74) is -2.17. The molecule has 5 rings (SSSR count). The van der Waals surface area contributed by atoms with Gasteiger partial charge in [0.1, 0.15) is 35.5 Å². The van der Waals surface area contributed by atoms with Crippen LogP contribution in [0.25, 0.3) is 0 Å². The van der Waals surface area contributed by atoms with Gasteiger partial charge in [-0.05, 0) is 31.0 Å². The van der Waals surface area contributed by atoms with Gasteiger partial charge in [0.05, 0.1) is 23.5 Å². The second-order valence-corrected chi connectivity index (χ2v) is 9.43. The standard InChI is InChI=1S/C26H25F3N8O3/c27-26(28,29)23-21(15-33-34-24(23)38)37-7-1-2-18(37)16-40-19-5-6-31-20(12-19)25(39)36-10-8-35(9-11-36)22-4-3-17(13-30)14-32-22/h3-6,12,14-15,18H,1-2,7-11,16H2,(H,34,38)/t18-/m0/s1. The molecule has 0 aliphatic carbocycles. The van der Waals surface area contributed by atoms with Crippen LogP contribution in [0.3, 0.4) is 0 Å². The van der Waals surface area contributed by atoms with Gasteiger partial charge in [0.2, 0.25) is 0 Å². The van der Waals surface area contributed by atoms with Gasteiger partial charge in [-0.25, -0.2) is 10.1 Å². The van der Waals surface area contributed by atoms with Gasteiger partial charge in [0.15, 0.2) is 0 Å². The molecule has 2 aliphatic rings. The average molecular weight is 555 g/mol. The van der Waals surface area contributed by atoms with Crippen molar-refractivity contribution in [2.75, 3.05) is 49.1 Å². The Balaban J connectivity index is 1.21. The number of hydrogen-bond acceptors (Lipinski definition) is 9. The maximum Gasteiger partial charge on any atom is 0.423 e. The Morgan fingerprint density at radius 3 is 2.62 bits per heavy atom. The first-order valence-corrected chi connectivity index (χ1v) is 12.7. The van der Waals surface area contributed by atoms with Crippen molar-refractivity contribution in [3.63, 3.8) is 0 Å². The van der Waals surface area contributed by atoms with Crippen LogP contribution in [0.2, 0.25) is 0 Å². The normalized spacial score (nSPS) is 17.6. The number of carbonyl (C=O) groups excluding carboxylic acids is 1. The second-order valence-electron chi connectivity index (χ2n) is 9.43. The van der Waals surface area contributed by atoms with Crippen LogP contribution in [0.5, 0.6) is 5.75 Å². The van der Waals surface area contributed by atoms with E-state index in [1.54, 1.807) is 23.1 Å². The summed E-state index contributed by atoms with van der Waals surface area (Å²) in [5, 5.41) is 14.4. The molecule has 0 radical (unpaired) electrons. The first-order valence-electron chi connectivity index (χ1n) is 12.7. The SMILES string of the molecule is N#Cc1ccc(N2CCN(C(=O)c3cc(OC[C@@H]4CCCN4c4cn[nH]c(=O)c4C(F)(F)F)ccn3)CC2)nc1. The van der Waals surface area contributed by atoms with Crippen molar-refractivity contribution in [2.45, 2.75) is 25.1 Å². The second kappa shape index (κ2) is 11.2. The van der Waals surface area contributed by atoms with E-state index in [2.05, 4.69) is 15.1 Å². The number of nitriles is 1. The van der Waals surface area contributed by atoms with E-state index in [-0.39, 0.29) is 23.9 Å². The first kappa shape index (κ1) is 26.9.